The Hall–Kier alpha value is -2.64. The van der Waals surface area contributed by atoms with Gasteiger partial charge in [0.25, 0.3) is 11.6 Å². The molecule has 0 saturated heterocycles. The summed E-state index contributed by atoms with van der Waals surface area (Å²) in [7, 11) is 0. The van der Waals surface area contributed by atoms with Crippen molar-refractivity contribution >= 4 is 17.6 Å². The molecule has 1 fully saturated rings. The van der Waals surface area contributed by atoms with Crippen LogP contribution in [0.5, 0.6) is 0 Å². The molecular weight excluding hydrogens is 278 g/mol. The molecule has 8 nitrogen and oxygen atoms in total. The summed E-state index contributed by atoms with van der Waals surface area (Å²) in [5.41, 5.74) is -0.0218. The van der Waals surface area contributed by atoms with Crippen molar-refractivity contribution < 1.29 is 19.6 Å². The summed E-state index contributed by atoms with van der Waals surface area (Å²) < 4.78 is 1.57. The van der Waals surface area contributed by atoms with Crippen LogP contribution < -0.4 is 0 Å². The Morgan fingerprint density at radius 3 is 2.71 bits per heavy atom. The molecular formula is C13H15N3O5. The summed E-state index contributed by atoms with van der Waals surface area (Å²) >= 11 is 0. The Morgan fingerprint density at radius 2 is 2.24 bits per heavy atom. The van der Waals surface area contributed by atoms with E-state index in [1.807, 2.05) is 0 Å². The molecule has 1 amide bonds. The first-order chi connectivity index (χ1) is 9.93. The number of rotatable bonds is 7. The van der Waals surface area contributed by atoms with E-state index in [9.17, 15) is 19.7 Å². The van der Waals surface area contributed by atoms with Crippen LogP contribution in [0.15, 0.2) is 24.9 Å². The van der Waals surface area contributed by atoms with Crippen LogP contribution in [-0.4, -0.2) is 44.5 Å². The summed E-state index contributed by atoms with van der Waals surface area (Å²) in [5.74, 6) is -1.69. The van der Waals surface area contributed by atoms with Crippen LogP contribution in [0.25, 0.3) is 0 Å². The SMILES string of the molecule is C=CCN(CC(=O)O)C(=O)c1cc([N+](=O)[O-])cn1C1CC1. The molecule has 0 aromatic carbocycles. The van der Waals surface area contributed by atoms with E-state index >= 15 is 0 Å². The highest BCUT2D eigenvalue weighted by Gasteiger charge is 2.32. The number of carbonyl (C=O) groups is 2. The Labute approximate surface area is 120 Å². The van der Waals surface area contributed by atoms with Crippen LogP contribution in [0.4, 0.5) is 5.69 Å². The zero-order chi connectivity index (χ0) is 15.6. The lowest BCUT2D eigenvalue weighted by atomic mass is 10.3. The summed E-state index contributed by atoms with van der Waals surface area (Å²) in [6, 6.07) is 1.27. The molecule has 0 aliphatic heterocycles. The van der Waals surface area contributed by atoms with Gasteiger partial charge < -0.3 is 14.6 Å². The van der Waals surface area contributed by atoms with Gasteiger partial charge in [-0.25, -0.2) is 0 Å². The van der Waals surface area contributed by atoms with Gasteiger partial charge in [-0.1, -0.05) is 6.08 Å². The molecule has 8 heteroatoms. The largest absolute Gasteiger partial charge is 0.480 e. The quantitative estimate of drug-likeness (QED) is 0.465. The summed E-state index contributed by atoms with van der Waals surface area (Å²) in [6.07, 6.45) is 4.45. The second kappa shape index (κ2) is 5.78. The Bertz CT molecular complexity index is 603. The van der Waals surface area contributed by atoms with Crippen LogP contribution in [0.2, 0.25) is 0 Å². The maximum atomic E-state index is 12.4. The molecule has 1 aromatic heterocycles. The second-order valence-corrected chi connectivity index (χ2v) is 4.85. The first-order valence-corrected chi connectivity index (χ1v) is 6.42. The molecule has 1 saturated carbocycles. The second-order valence-electron chi connectivity index (χ2n) is 4.85. The van der Waals surface area contributed by atoms with Gasteiger partial charge in [0.2, 0.25) is 0 Å². The minimum absolute atomic E-state index is 0.0643. The van der Waals surface area contributed by atoms with Gasteiger partial charge in [0.05, 0.1) is 11.1 Å². The average molecular weight is 293 g/mol. The van der Waals surface area contributed by atoms with E-state index in [1.165, 1.54) is 18.3 Å². The maximum Gasteiger partial charge on any atom is 0.323 e. The average Bonchev–Trinajstić information content (AvgIpc) is 3.15. The van der Waals surface area contributed by atoms with Crippen molar-refractivity contribution in [2.45, 2.75) is 18.9 Å². The molecule has 0 bridgehead atoms. The molecule has 1 heterocycles. The van der Waals surface area contributed by atoms with Gasteiger partial charge in [-0.3, -0.25) is 19.7 Å². The number of nitrogens with zero attached hydrogens (tertiary/aromatic N) is 3. The van der Waals surface area contributed by atoms with Gasteiger partial charge in [-0.2, -0.15) is 0 Å². The van der Waals surface area contributed by atoms with Crippen molar-refractivity contribution in [1.29, 1.82) is 0 Å². The van der Waals surface area contributed by atoms with E-state index in [0.717, 1.165) is 17.7 Å². The summed E-state index contributed by atoms with van der Waals surface area (Å²) in [5, 5.41) is 19.7. The monoisotopic (exact) mass is 293 g/mol. The van der Waals surface area contributed by atoms with Crippen LogP contribution in [0.3, 0.4) is 0 Å². The number of carbonyl (C=O) groups excluding carboxylic acids is 1. The standard InChI is InChI=1S/C13H15N3O5/c1-2-5-14(8-12(17)18)13(19)11-6-10(16(20)21)7-15(11)9-3-4-9/h2,6-7,9H,1,3-5,8H2,(H,17,18). The van der Waals surface area contributed by atoms with Crippen molar-refractivity contribution in [2.24, 2.45) is 0 Å². The number of hydrogen-bond donors (Lipinski definition) is 1. The third kappa shape index (κ3) is 3.28. The molecule has 0 radical (unpaired) electrons. The Morgan fingerprint density at radius 1 is 1.57 bits per heavy atom. The Balaban J connectivity index is 2.33. The van der Waals surface area contributed by atoms with E-state index in [2.05, 4.69) is 6.58 Å². The van der Waals surface area contributed by atoms with E-state index in [0.29, 0.717) is 0 Å². The first kappa shape index (κ1) is 14.8. The topological polar surface area (TPSA) is 106 Å². The smallest absolute Gasteiger partial charge is 0.323 e. The fourth-order valence-electron chi connectivity index (χ4n) is 2.09. The molecule has 0 spiro atoms. The zero-order valence-corrected chi connectivity index (χ0v) is 11.3. The van der Waals surface area contributed by atoms with Crippen LogP contribution >= 0.6 is 0 Å². The van der Waals surface area contributed by atoms with Gasteiger partial charge >= 0.3 is 5.97 Å². The number of aliphatic carboxylic acids is 1. The number of aromatic nitrogens is 1. The summed E-state index contributed by atoms with van der Waals surface area (Å²) in [6.45, 7) is 3.07. The predicted molar refractivity (Wildman–Crippen MR) is 73.1 cm³/mol. The van der Waals surface area contributed by atoms with Crippen LogP contribution in [0, 0.1) is 10.1 Å². The van der Waals surface area contributed by atoms with Gasteiger partial charge in [0, 0.05) is 18.7 Å². The van der Waals surface area contributed by atoms with Gasteiger partial charge in [0.1, 0.15) is 12.2 Å². The molecule has 1 aliphatic rings. The third-order valence-electron chi connectivity index (χ3n) is 3.17. The van der Waals surface area contributed by atoms with Gasteiger partial charge in [-0.15, -0.1) is 6.58 Å². The number of nitro groups is 1. The van der Waals surface area contributed by atoms with Gasteiger partial charge in [-0.05, 0) is 12.8 Å². The molecule has 0 atom stereocenters. The van der Waals surface area contributed by atoms with E-state index < -0.39 is 23.3 Å². The van der Waals surface area contributed by atoms with E-state index in [4.69, 9.17) is 5.11 Å². The lowest BCUT2D eigenvalue weighted by molar-refractivity contribution is -0.384. The van der Waals surface area contributed by atoms with Crippen molar-refractivity contribution in [2.75, 3.05) is 13.1 Å². The van der Waals surface area contributed by atoms with Gasteiger partial charge in [0.15, 0.2) is 0 Å². The molecule has 1 aliphatic carbocycles. The van der Waals surface area contributed by atoms with E-state index in [1.54, 1.807) is 4.57 Å². The third-order valence-corrected chi connectivity index (χ3v) is 3.17. The van der Waals surface area contributed by atoms with Crippen molar-refractivity contribution in [3.8, 4) is 0 Å². The minimum Gasteiger partial charge on any atom is -0.480 e. The number of amides is 1. The van der Waals surface area contributed by atoms with Crippen LogP contribution in [0.1, 0.15) is 29.4 Å². The lowest BCUT2D eigenvalue weighted by Crippen LogP contribution is -2.36. The predicted octanol–water partition coefficient (Wildman–Crippen LogP) is 1.44. The fraction of sp³-hybridized carbons (Fsp3) is 0.385. The number of carboxylic acid groups (broad SMARTS) is 1. The molecule has 21 heavy (non-hydrogen) atoms. The minimum atomic E-state index is -1.15. The summed E-state index contributed by atoms with van der Waals surface area (Å²) in [4.78, 5) is 34.6. The van der Waals surface area contributed by atoms with Crippen molar-refractivity contribution in [3.05, 3.63) is 40.7 Å². The molecule has 2 rings (SSSR count). The van der Waals surface area contributed by atoms with Crippen molar-refractivity contribution in [3.63, 3.8) is 0 Å². The first-order valence-electron chi connectivity index (χ1n) is 6.42. The Kier molecular flexibility index (Phi) is 4.06. The molecule has 112 valence electrons. The number of carboxylic acids is 1. The highest BCUT2D eigenvalue weighted by molar-refractivity contribution is 5.95. The molecule has 0 unspecified atom stereocenters. The van der Waals surface area contributed by atoms with Crippen molar-refractivity contribution in [1.82, 2.24) is 9.47 Å². The molecule has 1 aromatic rings. The highest BCUT2D eigenvalue weighted by Crippen LogP contribution is 2.38. The lowest BCUT2D eigenvalue weighted by Gasteiger charge is -2.19. The fourth-order valence-corrected chi connectivity index (χ4v) is 2.09. The maximum absolute atomic E-state index is 12.4. The van der Waals surface area contributed by atoms with Crippen LogP contribution in [-0.2, 0) is 4.79 Å². The normalized spacial score (nSPS) is 13.7. The highest BCUT2D eigenvalue weighted by atomic mass is 16.6. The number of hydrogen-bond acceptors (Lipinski definition) is 4. The molecule has 1 N–H and O–H groups in total. The van der Waals surface area contributed by atoms with E-state index in [-0.39, 0.29) is 24.0 Å². The zero-order valence-electron chi connectivity index (χ0n) is 11.3.